The molecule has 0 aliphatic heterocycles. The number of aromatic amines is 1. The fourth-order valence-electron chi connectivity index (χ4n) is 5.03. The van der Waals surface area contributed by atoms with Gasteiger partial charge in [-0.3, -0.25) is 9.89 Å². The van der Waals surface area contributed by atoms with Crippen molar-refractivity contribution < 1.29 is 18.3 Å². The maximum atomic E-state index is 14.6. The van der Waals surface area contributed by atoms with Crippen LogP contribution in [-0.4, -0.2) is 54.8 Å². The van der Waals surface area contributed by atoms with E-state index in [-0.39, 0.29) is 11.8 Å². The Hall–Kier alpha value is -4.01. The molecule has 3 aromatic carbocycles. The number of halogens is 3. The maximum Gasteiger partial charge on any atom is 0.245 e. The first kappa shape index (κ1) is 29.5. The van der Waals surface area contributed by atoms with Crippen LogP contribution in [0, 0.1) is 17.7 Å². The second-order valence-electron chi connectivity index (χ2n) is 10.5. The molecule has 6 nitrogen and oxygen atoms in total. The molecular formula is C33H33ClF2N4O2. The zero-order chi connectivity index (χ0) is 29.6. The number of ether oxygens (including phenoxy) is 1. The van der Waals surface area contributed by atoms with Gasteiger partial charge < -0.3 is 15.0 Å². The summed E-state index contributed by atoms with van der Waals surface area (Å²) in [7, 11) is 3.42. The summed E-state index contributed by atoms with van der Waals surface area (Å²) in [6.07, 6.45) is 6.39. The van der Waals surface area contributed by atoms with Crippen LogP contribution in [0.4, 0.5) is 8.78 Å². The first-order chi connectivity index (χ1) is 20.3. The van der Waals surface area contributed by atoms with E-state index in [0.29, 0.717) is 41.4 Å². The van der Waals surface area contributed by atoms with Crippen molar-refractivity contribution in [1.82, 2.24) is 20.4 Å². The van der Waals surface area contributed by atoms with E-state index in [9.17, 15) is 13.6 Å². The highest BCUT2D eigenvalue weighted by atomic mass is 35.5. The number of allylic oxidation sites excluding steroid dienone is 1. The van der Waals surface area contributed by atoms with Gasteiger partial charge in [0.2, 0.25) is 11.9 Å². The van der Waals surface area contributed by atoms with E-state index in [1.54, 1.807) is 38.4 Å². The Morgan fingerprint density at radius 1 is 1.10 bits per heavy atom. The minimum Gasteiger partial charge on any atom is -0.492 e. The SMILES string of the molecule is CN(C)C(=O)C=CCNCCOc1ccc(C(=C(c2ccc(F)cc2Cl)C2CCC2)c2ccc3n[nH]c(F)c3c2)cc1. The molecule has 0 unspecified atom stereocenters. The Morgan fingerprint density at radius 3 is 2.55 bits per heavy atom. The molecule has 0 atom stereocenters. The number of nitrogens with zero attached hydrogens (tertiary/aromatic N) is 2. The van der Waals surface area contributed by atoms with Gasteiger partial charge in [-0.25, -0.2) is 4.39 Å². The fraction of sp³-hybridized carbons (Fsp3) is 0.273. The van der Waals surface area contributed by atoms with Gasteiger partial charge in [-0.2, -0.15) is 9.49 Å². The number of hydrogen-bond donors (Lipinski definition) is 2. The predicted molar refractivity (Wildman–Crippen MR) is 163 cm³/mol. The van der Waals surface area contributed by atoms with Crippen LogP contribution in [0.5, 0.6) is 5.75 Å². The normalized spacial score (nSPS) is 14.2. The van der Waals surface area contributed by atoms with Crippen molar-refractivity contribution in [2.24, 2.45) is 5.92 Å². The molecule has 9 heteroatoms. The molecule has 0 radical (unpaired) electrons. The van der Waals surface area contributed by atoms with Crippen molar-refractivity contribution in [3.63, 3.8) is 0 Å². The van der Waals surface area contributed by atoms with Gasteiger partial charge in [0.25, 0.3) is 0 Å². The predicted octanol–water partition coefficient (Wildman–Crippen LogP) is 6.87. The van der Waals surface area contributed by atoms with Gasteiger partial charge in [-0.15, -0.1) is 0 Å². The lowest BCUT2D eigenvalue weighted by Gasteiger charge is -2.32. The standard InChI is InChI=1S/C33H33ClF2N4O2/c1-40(2)30(41)7-4-16-37-17-18-42-25-12-8-22(9-13-25)31(23-10-15-29-27(19-23)33(36)39-38-29)32(21-5-3-6-21)26-14-11-24(35)20-28(26)34/h4,7-15,19-21,37H,3,5-6,16-18H2,1-2H3,(H,38,39). The van der Waals surface area contributed by atoms with Crippen LogP contribution in [0.3, 0.4) is 0 Å². The van der Waals surface area contributed by atoms with E-state index in [4.69, 9.17) is 16.3 Å². The summed E-state index contributed by atoms with van der Waals surface area (Å²) in [4.78, 5) is 13.1. The van der Waals surface area contributed by atoms with Gasteiger partial charge in [0.15, 0.2) is 0 Å². The number of carbonyl (C=O) groups excluding carboxylic acids is 1. The van der Waals surface area contributed by atoms with Crippen LogP contribution >= 0.6 is 11.6 Å². The van der Waals surface area contributed by atoms with E-state index in [1.807, 2.05) is 30.3 Å². The zero-order valence-electron chi connectivity index (χ0n) is 23.6. The van der Waals surface area contributed by atoms with Crippen LogP contribution in [0.1, 0.15) is 36.0 Å². The third-order valence-electron chi connectivity index (χ3n) is 7.45. The number of H-pyrrole nitrogens is 1. The number of hydrogen-bond acceptors (Lipinski definition) is 4. The Bertz CT molecular complexity index is 1630. The number of benzene rings is 3. The second kappa shape index (κ2) is 13.3. The molecule has 1 saturated carbocycles. The van der Waals surface area contributed by atoms with Crippen LogP contribution in [0.2, 0.25) is 5.02 Å². The molecule has 1 aliphatic carbocycles. The first-order valence-corrected chi connectivity index (χ1v) is 14.3. The van der Waals surface area contributed by atoms with Gasteiger partial charge in [-0.1, -0.05) is 48.4 Å². The van der Waals surface area contributed by atoms with Crippen molar-refractivity contribution in [3.8, 4) is 5.75 Å². The number of nitrogens with one attached hydrogen (secondary N) is 2. The van der Waals surface area contributed by atoms with Crippen molar-refractivity contribution in [3.05, 3.63) is 106 Å². The van der Waals surface area contributed by atoms with Crippen molar-refractivity contribution >= 4 is 39.6 Å². The summed E-state index contributed by atoms with van der Waals surface area (Å²) in [5.74, 6) is -0.00222. The highest BCUT2D eigenvalue weighted by Gasteiger charge is 2.29. The lowest BCUT2D eigenvalue weighted by atomic mass is 9.73. The molecular weight excluding hydrogens is 558 g/mol. The van der Waals surface area contributed by atoms with Crippen LogP contribution in [-0.2, 0) is 4.79 Å². The van der Waals surface area contributed by atoms with Crippen LogP contribution in [0.25, 0.3) is 22.0 Å². The van der Waals surface area contributed by atoms with Crippen molar-refractivity contribution in [2.75, 3.05) is 33.8 Å². The fourth-order valence-corrected chi connectivity index (χ4v) is 5.30. The average molecular weight is 591 g/mol. The lowest BCUT2D eigenvalue weighted by Crippen LogP contribution is -2.22. The summed E-state index contributed by atoms with van der Waals surface area (Å²) in [6.45, 7) is 1.62. The minimum absolute atomic E-state index is 0.0569. The molecule has 1 heterocycles. The molecule has 42 heavy (non-hydrogen) atoms. The molecule has 1 aliphatic rings. The van der Waals surface area contributed by atoms with Gasteiger partial charge in [-0.05, 0) is 83.0 Å². The number of fused-ring (bicyclic) bond motifs is 1. The topological polar surface area (TPSA) is 70.2 Å². The summed E-state index contributed by atoms with van der Waals surface area (Å²) in [6, 6.07) is 17.8. The molecule has 1 amide bonds. The average Bonchev–Trinajstić information content (AvgIpc) is 3.32. The van der Waals surface area contributed by atoms with Gasteiger partial charge in [0.05, 0.1) is 15.9 Å². The second-order valence-corrected chi connectivity index (χ2v) is 10.9. The number of amides is 1. The molecule has 1 fully saturated rings. The summed E-state index contributed by atoms with van der Waals surface area (Å²) in [5, 5.41) is 10.4. The third-order valence-corrected chi connectivity index (χ3v) is 7.77. The first-order valence-electron chi connectivity index (χ1n) is 14.0. The molecule has 0 spiro atoms. The number of rotatable bonds is 11. The highest BCUT2D eigenvalue weighted by molar-refractivity contribution is 6.32. The van der Waals surface area contributed by atoms with Crippen molar-refractivity contribution in [1.29, 1.82) is 0 Å². The summed E-state index contributed by atoms with van der Waals surface area (Å²) < 4.78 is 34.5. The zero-order valence-corrected chi connectivity index (χ0v) is 24.3. The molecule has 5 rings (SSSR count). The van der Waals surface area contributed by atoms with E-state index < -0.39 is 11.8 Å². The van der Waals surface area contributed by atoms with Gasteiger partial charge >= 0.3 is 0 Å². The Labute approximate surface area is 249 Å². The maximum absolute atomic E-state index is 14.6. The Kier molecular flexibility index (Phi) is 9.35. The minimum atomic E-state index is -0.492. The Balaban J connectivity index is 1.43. The summed E-state index contributed by atoms with van der Waals surface area (Å²) in [5.41, 5.74) is 5.00. The number of likely N-dealkylation sites (N-methyl/N-ethyl adjacent to an activating group) is 1. The molecule has 2 N–H and O–H groups in total. The third kappa shape index (κ3) is 6.72. The number of aromatic nitrogens is 2. The van der Waals surface area contributed by atoms with Crippen LogP contribution in [0.15, 0.2) is 72.8 Å². The van der Waals surface area contributed by atoms with E-state index in [1.165, 1.54) is 23.1 Å². The molecule has 218 valence electrons. The molecule has 0 saturated heterocycles. The summed E-state index contributed by atoms with van der Waals surface area (Å²) >= 11 is 6.63. The van der Waals surface area contributed by atoms with E-state index in [0.717, 1.165) is 47.1 Å². The molecule has 4 aromatic rings. The van der Waals surface area contributed by atoms with Gasteiger partial charge in [0, 0.05) is 33.3 Å². The van der Waals surface area contributed by atoms with E-state index >= 15 is 0 Å². The van der Waals surface area contributed by atoms with Crippen molar-refractivity contribution in [2.45, 2.75) is 19.3 Å². The van der Waals surface area contributed by atoms with E-state index in [2.05, 4.69) is 15.5 Å². The quantitative estimate of drug-likeness (QED) is 0.114. The molecule has 1 aromatic heterocycles. The van der Waals surface area contributed by atoms with Gasteiger partial charge in [0.1, 0.15) is 18.2 Å². The largest absolute Gasteiger partial charge is 0.492 e. The monoisotopic (exact) mass is 590 g/mol. The highest BCUT2D eigenvalue weighted by Crippen LogP contribution is 2.47. The smallest absolute Gasteiger partial charge is 0.245 e. The Morgan fingerprint density at radius 2 is 1.86 bits per heavy atom. The number of carbonyl (C=O) groups is 1. The van der Waals surface area contributed by atoms with Crippen LogP contribution < -0.4 is 10.1 Å². The lowest BCUT2D eigenvalue weighted by molar-refractivity contribution is -0.123. The molecule has 0 bridgehead atoms.